The molecule has 0 spiro atoms. The summed E-state index contributed by atoms with van der Waals surface area (Å²) in [5.74, 6) is -0.266. The molecule has 0 aromatic heterocycles. The number of nitrogens with zero attached hydrogens (tertiary/aromatic N) is 1. The lowest BCUT2D eigenvalue weighted by molar-refractivity contribution is -0.133. The molecule has 0 radical (unpaired) electrons. The van der Waals surface area contributed by atoms with Crippen molar-refractivity contribution in [2.75, 3.05) is 18.4 Å². The molecule has 3 rings (SSSR count). The van der Waals surface area contributed by atoms with E-state index in [1.54, 1.807) is 29.2 Å². The Morgan fingerprint density at radius 1 is 1.07 bits per heavy atom. The molecule has 7 heteroatoms. The van der Waals surface area contributed by atoms with Crippen LogP contribution in [0.2, 0.25) is 5.02 Å². The van der Waals surface area contributed by atoms with E-state index in [0.717, 1.165) is 12.0 Å². The summed E-state index contributed by atoms with van der Waals surface area (Å²) in [4.78, 5) is 38.3. The molecular formula is C23H26ClN3O3. The predicted molar refractivity (Wildman–Crippen MR) is 117 cm³/mol. The van der Waals surface area contributed by atoms with Crippen LogP contribution < -0.4 is 10.6 Å². The minimum absolute atomic E-state index is 0.0267. The molecule has 6 nitrogen and oxygen atoms in total. The van der Waals surface area contributed by atoms with Gasteiger partial charge >= 0.3 is 0 Å². The van der Waals surface area contributed by atoms with E-state index in [1.165, 1.54) is 12.5 Å². The third kappa shape index (κ3) is 5.83. The van der Waals surface area contributed by atoms with E-state index in [9.17, 15) is 14.4 Å². The standard InChI is InChI=1S/C23H26ClN3O3/c1-16(28)27-14-12-17-5-2-3-6-20(17)21(27)15-23(30)25-13-4-7-22(29)26-19-10-8-18(24)9-11-19/h2-3,5-6,8-11,21H,4,7,12-15H2,1H3,(H,25,30)(H,26,29). The Morgan fingerprint density at radius 3 is 2.53 bits per heavy atom. The summed E-state index contributed by atoms with van der Waals surface area (Å²) in [6.07, 6.45) is 1.85. The highest BCUT2D eigenvalue weighted by Gasteiger charge is 2.30. The average Bonchev–Trinajstić information content (AvgIpc) is 2.73. The number of amides is 3. The van der Waals surface area contributed by atoms with Gasteiger partial charge in [0.25, 0.3) is 0 Å². The summed E-state index contributed by atoms with van der Waals surface area (Å²) in [6.45, 7) is 2.56. The minimum atomic E-state index is -0.249. The van der Waals surface area contributed by atoms with Crippen LogP contribution in [-0.4, -0.2) is 35.7 Å². The smallest absolute Gasteiger partial charge is 0.224 e. The van der Waals surface area contributed by atoms with E-state index < -0.39 is 0 Å². The van der Waals surface area contributed by atoms with Crippen molar-refractivity contribution in [2.24, 2.45) is 0 Å². The van der Waals surface area contributed by atoms with Gasteiger partial charge in [-0.3, -0.25) is 14.4 Å². The molecule has 0 saturated carbocycles. The number of fused-ring (bicyclic) bond motifs is 1. The fourth-order valence-electron chi connectivity index (χ4n) is 3.73. The van der Waals surface area contributed by atoms with Crippen LogP contribution in [0.3, 0.4) is 0 Å². The lowest BCUT2D eigenvalue weighted by atomic mass is 9.90. The first-order valence-electron chi connectivity index (χ1n) is 10.1. The van der Waals surface area contributed by atoms with E-state index in [2.05, 4.69) is 16.7 Å². The van der Waals surface area contributed by atoms with Crippen molar-refractivity contribution in [3.63, 3.8) is 0 Å². The first-order valence-corrected chi connectivity index (χ1v) is 10.5. The van der Waals surface area contributed by atoms with Crippen LogP contribution in [0.15, 0.2) is 48.5 Å². The Morgan fingerprint density at radius 2 is 1.80 bits per heavy atom. The normalized spacial score (nSPS) is 15.3. The number of carbonyl (C=O) groups excluding carboxylic acids is 3. The Kier molecular flexibility index (Phi) is 7.46. The molecule has 0 fully saturated rings. The topological polar surface area (TPSA) is 78.5 Å². The Hall–Kier alpha value is -2.86. The molecular weight excluding hydrogens is 402 g/mol. The van der Waals surface area contributed by atoms with Crippen LogP contribution in [0, 0.1) is 0 Å². The number of anilines is 1. The SMILES string of the molecule is CC(=O)N1CCc2ccccc2C1CC(=O)NCCCC(=O)Nc1ccc(Cl)cc1. The molecule has 1 atom stereocenters. The maximum atomic E-state index is 12.5. The number of carbonyl (C=O) groups is 3. The van der Waals surface area contributed by atoms with Gasteiger partial charge in [-0.15, -0.1) is 0 Å². The van der Waals surface area contributed by atoms with Gasteiger partial charge in [0, 0.05) is 37.1 Å². The fourth-order valence-corrected chi connectivity index (χ4v) is 3.86. The van der Waals surface area contributed by atoms with E-state index >= 15 is 0 Å². The number of hydrogen-bond donors (Lipinski definition) is 2. The number of hydrogen-bond acceptors (Lipinski definition) is 3. The third-order valence-corrected chi connectivity index (χ3v) is 5.48. The highest BCUT2D eigenvalue weighted by Crippen LogP contribution is 2.32. The molecule has 2 aromatic carbocycles. The second kappa shape index (κ2) is 10.3. The largest absolute Gasteiger partial charge is 0.356 e. The van der Waals surface area contributed by atoms with Gasteiger partial charge in [-0.2, -0.15) is 0 Å². The lowest BCUT2D eigenvalue weighted by Gasteiger charge is -2.36. The van der Waals surface area contributed by atoms with E-state index in [-0.39, 0.29) is 30.2 Å². The van der Waals surface area contributed by atoms with Crippen LogP contribution in [-0.2, 0) is 20.8 Å². The fraction of sp³-hybridized carbons (Fsp3) is 0.348. The maximum Gasteiger partial charge on any atom is 0.224 e. The van der Waals surface area contributed by atoms with Gasteiger partial charge in [0.15, 0.2) is 0 Å². The van der Waals surface area contributed by atoms with Crippen LogP contribution in [0.5, 0.6) is 0 Å². The molecule has 30 heavy (non-hydrogen) atoms. The molecule has 1 aliphatic heterocycles. The highest BCUT2D eigenvalue weighted by molar-refractivity contribution is 6.30. The van der Waals surface area contributed by atoms with E-state index in [0.29, 0.717) is 36.6 Å². The third-order valence-electron chi connectivity index (χ3n) is 5.23. The first-order chi connectivity index (χ1) is 14.4. The van der Waals surface area contributed by atoms with Crippen molar-refractivity contribution in [3.8, 4) is 0 Å². The van der Waals surface area contributed by atoms with Gasteiger partial charge in [-0.05, 0) is 48.2 Å². The Labute approximate surface area is 181 Å². The lowest BCUT2D eigenvalue weighted by Crippen LogP contribution is -2.41. The van der Waals surface area contributed by atoms with Gasteiger partial charge in [0.1, 0.15) is 0 Å². The molecule has 3 amide bonds. The first kappa shape index (κ1) is 21.8. The zero-order chi connectivity index (χ0) is 21.5. The van der Waals surface area contributed by atoms with Crippen molar-refractivity contribution < 1.29 is 14.4 Å². The summed E-state index contributed by atoms with van der Waals surface area (Å²) in [7, 11) is 0. The van der Waals surface area contributed by atoms with Crippen LogP contribution in [0.1, 0.15) is 43.4 Å². The number of nitrogens with one attached hydrogen (secondary N) is 2. The van der Waals surface area contributed by atoms with Crippen molar-refractivity contribution in [1.82, 2.24) is 10.2 Å². The second-order valence-electron chi connectivity index (χ2n) is 7.39. The summed E-state index contributed by atoms with van der Waals surface area (Å²) < 4.78 is 0. The second-order valence-corrected chi connectivity index (χ2v) is 7.83. The summed E-state index contributed by atoms with van der Waals surface area (Å²) in [5, 5.41) is 6.28. The van der Waals surface area contributed by atoms with Gasteiger partial charge in [0.2, 0.25) is 17.7 Å². The van der Waals surface area contributed by atoms with Gasteiger partial charge in [-0.1, -0.05) is 35.9 Å². The monoisotopic (exact) mass is 427 g/mol. The number of halogens is 1. The van der Waals surface area contributed by atoms with Crippen LogP contribution in [0.4, 0.5) is 5.69 Å². The van der Waals surface area contributed by atoms with Crippen molar-refractivity contribution in [2.45, 2.75) is 38.6 Å². The predicted octanol–water partition coefficient (Wildman–Crippen LogP) is 3.71. The van der Waals surface area contributed by atoms with E-state index in [4.69, 9.17) is 11.6 Å². The molecule has 2 N–H and O–H groups in total. The molecule has 1 heterocycles. The quantitative estimate of drug-likeness (QED) is 0.661. The van der Waals surface area contributed by atoms with Crippen molar-refractivity contribution in [3.05, 3.63) is 64.7 Å². The van der Waals surface area contributed by atoms with Gasteiger partial charge < -0.3 is 15.5 Å². The highest BCUT2D eigenvalue weighted by atomic mass is 35.5. The molecule has 0 aliphatic carbocycles. The summed E-state index contributed by atoms with van der Waals surface area (Å²) in [5.41, 5.74) is 2.91. The van der Waals surface area contributed by atoms with Crippen molar-refractivity contribution >= 4 is 35.0 Å². The Bertz CT molecular complexity index is 914. The minimum Gasteiger partial charge on any atom is -0.356 e. The molecule has 1 unspecified atom stereocenters. The number of rotatable bonds is 7. The zero-order valence-corrected chi connectivity index (χ0v) is 17.7. The van der Waals surface area contributed by atoms with Crippen molar-refractivity contribution in [1.29, 1.82) is 0 Å². The van der Waals surface area contributed by atoms with Crippen LogP contribution in [0.25, 0.3) is 0 Å². The maximum absolute atomic E-state index is 12.5. The van der Waals surface area contributed by atoms with Gasteiger partial charge in [0.05, 0.1) is 12.5 Å². The summed E-state index contributed by atoms with van der Waals surface area (Å²) in [6, 6.07) is 14.6. The number of benzene rings is 2. The van der Waals surface area contributed by atoms with E-state index in [1.807, 2.05) is 18.2 Å². The molecule has 0 bridgehead atoms. The molecule has 158 valence electrons. The molecule has 1 aliphatic rings. The van der Waals surface area contributed by atoms with Gasteiger partial charge in [-0.25, -0.2) is 0 Å². The summed E-state index contributed by atoms with van der Waals surface area (Å²) >= 11 is 5.83. The molecule has 2 aromatic rings. The van der Waals surface area contributed by atoms with Crippen LogP contribution >= 0.6 is 11.6 Å². The Balaban J connectivity index is 1.46. The zero-order valence-electron chi connectivity index (χ0n) is 17.0. The average molecular weight is 428 g/mol. The molecule has 0 saturated heterocycles.